The number of aryl methyl sites for hydroxylation is 3. The Balaban J connectivity index is 1.86. The van der Waals surface area contributed by atoms with Crippen molar-refractivity contribution in [2.24, 2.45) is 0 Å². The third kappa shape index (κ3) is 4.85. The number of carbonyl (C=O) groups is 1. The molecular formula is C20H25NO2. The van der Waals surface area contributed by atoms with Gasteiger partial charge >= 0.3 is 0 Å². The lowest BCUT2D eigenvalue weighted by Gasteiger charge is -2.11. The van der Waals surface area contributed by atoms with Crippen LogP contribution >= 0.6 is 0 Å². The molecule has 0 unspecified atom stereocenters. The Morgan fingerprint density at radius 3 is 2.70 bits per heavy atom. The molecule has 122 valence electrons. The summed E-state index contributed by atoms with van der Waals surface area (Å²) >= 11 is 0. The van der Waals surface area contributed by atoms with Gasteiger partial charge in [-0.1, -0.05) is 35.9 Å². The predicted octanol–water partition coefficient (Wildman–Crippen LogP) is 4.06. The molecule has 3 heteroatoms. The second-order valence-corrected chi connectivity index (χ2v) is 5.72. The van der Waals surface area contributed by atoms with Crippen LogP contribution in [-0.2, 0) is 6.42 Å². The van der Waals surface area contributed by atoms with E-state index in [1.54, 1.807) is 0 Å². The molecule has 1 N–H and O–H groups in total. The topological polar surface area (TPSA) is 38.3 Å². The zero-order valence-electron chi connectivity index (χ0n) is 14.2. The van der Waals surface area contributed by atoms with Crippen LogP contribution < -0.4 is 10.1 Å². The molecule has 0 fully saturated rings. The maximum Gasteiger partial charge on any atom is 0.251 e. The molecule has 3 nitrogen and oxygen atoms in total. The average Bonchev–Trinajstić information content (AvgIpc) is 2.55. The van der Waals surface area contributed by atoms with E-state index in [1.807, 2.05) is 57.2 Å². The van der Waals surface area contributed by atoms with Crippen molar-refractivity contribution in [1.29, 1.82) is 0 Å². The van der Waals surface area contributed by atoms with E-state index in [2.05, 4.69) is 11.4 Å². The average molecular weight is 311 g/mol. The van der Waals surface area contributed by atoms with E-state index in [1.165, 1.54) is 5.56 Å². The minimum Gasteiger partial charge on any atom is -0.494 e. The first-order valence-electron chi connectivity index (χ1n) is 8.18. The van der Waals surface area contributed by atoms with Crippen molar-refractivity contribution >= 4 is 5.91 Å². The van der Waals surface area contributed by atoms with Gasteiger partial charge in [0.1, 0.15) is 5.75 Å². The van der Waals surface area contributed by atoms with E-state index in [0.717, 1.165) is 35.3 Å². The molecule has 23 heavy (non-hydrogen) atoms. The molecule has 0 radical (unpaired) electrons. The van der Waals surface area contributed by atoms with Gasteiger partial charge in [0, 0.05) is 12.1 Å². The molecule has 0 aliphatic carbocycles. The molecule has 0 aliphatic heterocycles. The summed E-state index contributed by atoms with van der Waals surface area (Å²) in [5.74, 6) is 0.945. The molecule has 2 aromatic carbocycles. The first-order valence-corrected chi connectivity index (χ1v) is 8.18. The van der Waals surface area contributed by atoms with Crippen LogP contribution in [-0.4, -0.2) is 19.1 Å². The van der Waals surface area contributed by atoms with Gasteiger partial charge < -0.3 is 10.1 Å². The van der Waals surface area contributed by atoms with Crippen LogP contribution in [0.1, 0.15) is 40.4 Å². The third-order valence-electron chi connectivity index (χ3n) is 3.82. The summed E-state index contributed by atoms with van der Waals surface area (Å²) in [6.07, 6.45) is 1.78. The van der Waals surface area contributed by atoms with Crippen molar-refractivity contribution in [2.45, 2.75) is 33.6 Å². The minimum absolute atomic E-state index is 0.00398. The SMILES string of the molecule is CCOc1ccccc1CCCNC(=O)c1cc(C)ccc1C. The fourth-order valence-corrected chi connectivity index (χ4v) is 2.56. The van der Waals surface area contributed by atoms with Crippen LogP contribution in [0.25, 0.3) is 0 Å². The normalized spacial score (nSPS) is 10.4. The van der Waals surface area contributed by atoms with E-state index in [-0.39, 0.29) is 5.91 Å². The van der Waals surface area contributed by atoms with Gasteiger partial charge in [0.2, 0.25) is 0 Å². The van der Waals surface area contributed by atoms with Crippen molar-refractivity contribution in [3.63, 3.8) is 0 Å². The van der Waals surface area contributed by atoms with E-state index in [9.17, 15) is 4.79 Å². The Kier molecular flexibility index (Phi) is 6.21. The highest BCUT2D eigenvalue weighted by Gasteiger charge is 2.09. The zero-order valence-corrected chi connectivity index (χ0v) is 14.2. The smallest absolute Gasteiger partial charge is 0.251 e. The highest BCUT2D eigenvalue weighted by molar-refractivity contribution is 5.95. The number of hydrogen-bond acceptors (Lipinski definition) is 2. The summed E-state index contributed by atoms with van der Waals surface area (Å²) in [5.41, 5.74) is 4.07. The third-order valence-corrected chi connectivity index (χ3v) is 3.82. The number of ether oxygens (including phenoxy) is 1. The number of rotatable bonds is 7. The van der Waals surface area contributed by atoms with Crippen molar-refractivity contribution in [3.8, 4) is 5.75 Å². The van der Waals surface area contributed by atoms with E-state index >= 15 is 0 Å². The highest BCUT2D eigenvalue weighted by atomic mass is 16.5. The predicted molar refractivity (Wildman–Crippen MR) is 94.2 cm³/mol. The molecule has 0 aromatic heterocycles. The Labute approximate surface area is 138 Å². The van der Waals surface area contributed by atoms with Gasteiger partial charge in [0.15, 0.2) is 0 Å². The van der Waals surface area contributed by atoms with Crippen molar-refractivity contribution < 1.29 is 9.53 Å². The molecular weight excluding hydrogens is 286 g/mol. The van der Waals surface area contributed by atoms with Crippen LogP contribution in [0.15, 0.2) is 42.5 Å². The van der Waals surface area contributed by atoms with Crippen molar-refractivity contribution in [1.82, 2.24) is 5.32 Å². The summed E-state index contributed by atoms with van der Waals surface area (Å²) in [6, 6.07) is 14.0. The Hall–Kier alpha value is -2.29. The van der Waals surface area contributed by atoms with Crippen molar-refractivity contribution in [3.05, 3.63) is 64.7 Å². The number of carbonyl (C=O) groups excluding carboxylic acids is 1. The number of para-hydroxylation sites is 1. The lowest BCUT2D eigenvalue weighted by molar-refractivity contribution is 0.0952. The molecule has 0 bridgehead atoms. The molecule has 0 saturated carbocycles. The standard InChI is InChI=1S/C20H25NO2/c1-4-23-19-10-6-5-8-17(19)9-7-13-21-20(22)18-14-15(2)11-12-16(18)3/h5-6,8,10-12,14H,4,7,9,13H2,1-3H3,(H,21,22). The van der Waals surface area contributed by atoms with Gasteiger partial charge in [-0.05, 0) is 56.9 Å². The summed E-state index contributed by atoms with van der Waals surface area (Å²) in [5, 5.41) is 3.01. The maximum atomic E-state index is 12.3. The molecule has 2 aromatic rings. The number of hydrogen-bond donors (Lipinski definition) is 1. The van der Waals surface area contributed by atoms with Crippen LogP contribution in [0, 0.1) is 13.8 Å². The molecule has 2 rings (SSSR count). The summed E-state index contributed by atoms with van der Waals surface area (Å²) in [7, 11) is 0. The monoisotopic (exact) mass is 311 g/mol. The Bertz CT molecular complexity index is 664. The van der Waals surface area contributed by atoms with Gasteiger partial charge in [-0.15, -0.1) is 0 Å². The molecule has 0 spiro atoms. The first-order chi connectivity index (χ1) is 11.1. The summed E-state index contributed by atoms with van der Waals surface area (Å²) in [4.78, 5) is 12.3. The summed E-state index contributed by atoms with van der Waals surface area (Å²) < 4.78 is 5.63. The zero-order chi connectivity index (χ0) is 16.7. The van der Waals surface area contributed by atoms with Crippen molar-refractivity contribution in [2.75, 3.05) is 13.2 Å². The molecule has 1 amide bonds. The van der Waals surface area contributed by atoms with Gasteiger partial charge in [-0.3, -0.25) is 4.79 Å². The van der Waals surface area contributed by atoms with Crippen LogP contribution in [0.5, 0.6) is 5.75 Å². The van der Waals surface area contributed by atoms with E-state index in [0.29, 0.717) is 13.2 Å². The second-order valence-electron chi connectivity index (χ2n) is 5.72. The summed E-state index contributed by atoms with van der Waals surface area (Å²) in [6.45, 7) is 7.28. The van der Waals surface area contributed by atoms with Gasteiger partial charge in [-0.2, -0.15) is 0 Å². The molecule has 0 atom stereocenters. The number of benzene rings is 2. The van der Waals surface area contributed by atoms with Gasteiger partial charge in [-0.25, -0.2) is 0 Å². The van der Waals surface area contributed by atoms with E-state index < -0.39 is 0 Å². The quantitative estimate of drug-likeness (QED) is 0.783. The first kappa shape index (κ1) is 17.1. The fourth-order valence-electron chi connectivity index (χ4n) is 2.56. The van der Waals surface area contributed by atoms with Gasteiger partial charge in [0.25, 0.3) is 5.91 Å². The van der Waals surface area contributed by atoms with Gasteiger partial charge in [0.05, 0.1) is 6.61 Å². The second kappa shape index (κ2) is 8.37. The number of amides is 1. The molecule has 0 saturated heterocycles. The molecule has 0 heterocycles. The van der Waals surface area contributed by atoms with E-state index in [4.69, 9.17) is 4.74 Å². The maximum absolute atomic E-state index is 12.3. The minimum atomic E-state index is 0.00398. The Morgan fingerprint density at radius 2 is 1.91 bits per heavy atom. The fraction of sp³-hybridized carbons (Fsp3) is 0.350. The van der Waals surface area contributed by atoms with Crippen LogP contribution in [0.4, 0.5) is 0 Å². The lowest BCUT2D eigenvalue weighted by atomic mass is 10.0. The number of nitrogens with one attached hydrogen (secondary N) is 1. The Morgan fingerprint density at radius 1 is 1.13 bits per heavy atom. The largest absolute Gasteiger partial charge is 0.494 e. The highest BCUT2D eigenvalue weighted by Crippen LogP contribution is 2.19. The van der Waals surface area contributed by atoms with Crippen LogP contribution in [0.3, 0.4) is 0 Å². The lowest BCUT2D eigenvalue weighted by Crippen LogP contribution is -2.25. The molecule has 0 aliphatic rings. The van der Waals surface area contributed by atoms with Crippen LogP contribution in [0.2, 0.25) is 0 Å².